The molecule has 7 heteroatoms. The van der Waals surface area contributed by atoms with Gasteiger partial charge in [-0.15, -0.1) is 0 Å². The zero-order valence-electron chi connectivity index (χ0n) is 13.5. The Balaban J connectivity index is 1.79. The van der Waals surface area contributed by atoms with E-state index < -0.39 is 0 Å². The Morgan fingerprint density at radius 3 is 2.54 bits per heavy atom. The highest BCUT2D eigenvalue weighted by Crippen LogP contribution is 2.26. The maximum atomic E-state index is 11.8. The van der Waals surface area contributed by atoms with Crippen molar-refractivity contribution in [2.45, 2.75) is 31.7 Å². The molecule has 0 spiro atoms. The van der Waals surface area contributed by atoms with E-state index >= 15 is 0 Å². The van der Waals surface area contributed by atoms with Gasteiger partial charge in [0.25, 0.3) is 5.56 Å². The van der Waals surface area contributed by atoms with Gasteiger partial charge in [0.05, 0.1) is 5.69 Å². The fourth-order valence-electron chi connectivity index (χ4n) is 2.10. The lowest BCUT2D eigenvalue weighted by atomic mass is 10.2. The van der Waals surface area contributed by atoms with Gasteiger partial charge in [0.15, 0.2) is 5.16 Å². The van der Waals surface area contributed by atoms with Gasteiger partial charge in [0.1, 0.15) is 5.76 Å². The molecule has 0 aliphatic carbocycles. The van der Waals surface area contributed by atoms with Gasteiger partial charge in [-0.1, -0.05) is 23.4 Å². The number of nitrogens with zero attached hydrogens (tertiary/aromatic N) is 2. The summed E-state index contributed by atoms with van der Waals surface area (Å²) in [6, 6.07) is 7.34. The molecule has 0 fully saturated rings. The highest BCUT2D eigenvalue weighted by molar-refractivity contribution is 7.98. The second kappa shape index (κ2) is 6.83. The number of benzene rings is 1. The van der Waals surface area contributed by atoms with Crippen LogP contribution in [0, 0.1) is 20.8 Å². The van der Waals surface area contributed by atoms with E-state index in [0.29, 0.717) is 27.4 Å². The first-order chi connectivity index (χ1) is 11.4. The van der Waals surface area contributed by atoms with Crippen LogP contribution in [0.4, 0.5) is 0 Å². The molecule has 24 heavy (non-hydrogen) atoms. The van der Waals surface area contributed by atoms with E-state index in [1.165, 1.54) is 11.8 Å². The molecule has 0 aliphatic rings. The average molecular weight is 362 g/mol. The largest absolute Gasteiger partial charge is 0.441 e. The van der Waals surface area contributed by atoms with Gasteiger partial charge < -0.3 is 9.40 Å². The molecule has 3 rings (SSSR count). The van der Waals surface area contributed by atoms with Crippen LogP contribution in [-0.2, 0) is 5.75 Å². The van der Waals surface area contributed by atoms with E-state index in [0.717, 1.165) is 22.7 Å². The lowest BCUT2D eigenvalue weighted by Crippen LogP contribution is -2.14. The minimum atomic E-state index is -0.108. The van der Waals surface area contributed by atoms with Crippen molar-refractivity contribution in [3.8, 4) is 11.5 Å². The van der Waals surface area contributed by atoms with Crippen LogP contribution in [0.2, 0.25) is 5.02 Å². The molecule has 0 unspecified atom stereocenters. The summed E-state index contributed by atoms with van der Waals surface area (Å²) in [6.07, 6.45) is 0. The molecule has 0 saturated heterocycles. The number of H-pyrrole nitrogens is 1. The Bertz CT molecular complexity index is 932. The molecule has 0 saturated carbocycles. The highest BCUT2D eigenvalue weighted by Gasteiger charge is 2.13. The van der Waals surface area contributed by atoms with E-state index in [2.05, 4.69) is 15.0 Å². The van der Waals surface area contributed by atoms with Crippen LogP contribution in [0.15, 0.2) is 38.6 Å². The van der Waals surface area contributed by atoms with Crippen molar-refractivity contribution >= 4 is 23.4 Å². The minimum absolute atomic E-state index is 0.108. The molecule has 0 radical (unpaired) electrons. The third-order valence-corrected chi connectivity index (χ3v) is 4.84. The third kappa shape index (κ3) is 3.55. The van der Waals surface area contributed by atoms with Crippen LogP contribution in [-0.4, -0.2) is 15.0 Å². The standard InChI is InChI=1S/C17H16ClN3O2S/c1-9-10(2)19-17(21-15(9)22)24-8-14-11(3)23-16(20-14)12-4-6-13(18)7-5-12/h4-7H,8H2,1-3H3,(H,19,21,22). The van der Waals surface area contributed by atoms with Crippen molar-refractivity contribution in [2.24, 2.45) is 0 Å². The van der Waals surface area contributed by atoms with Gasteiger partial charge in [-0.05, 0) is 45.0 Å². The molecule has 0 atom stereocenters. The van der Waals surface area contributed by atoms with Crippen molar-refractivity contribution < 1.29 is 4.42 Å². The van der Waals surface area contributed by atoms with Gasteiger partial charge in [0, 0.05) is 27.6 Å². The molecule has 5 nitrogen and oxygen atoms in total. The van der Waals surface area contributed by atoms with Crippen molar-refractivity contribution in [1.82, 2.24) is 15.0 Å². The first-order valence-corrected chi connectivity index (χ1v) is 8.73. The molecule has 1 N–H and O–H groups in total. The Morgan fingerprint density at radius 2 is 1.88 bits per heavy atom. The van der Waals surface area contributed by atoms with E-state index in [9.17, 15) is 4.79 Å². The second-order valence-electron chi connectivity index (χ2n) is 5.40. The molecule has 3 aromatic rings. The van der Waals surface area contributed by atoms with Gasteiger partial charge in [-0.2, -0.15) is 0 Å². The average Bonchev–Trinajstić information content (AvgIpc) is 2.92. The van der Waals surface area contributed by atoms with Gasteiger partial charge in [0.2, 0.25) is 5.89 Å². The second-order valence-corrected chi connectivity index (χ2v) is 6.80. The van der Waals surface area contributed by atoms with E-state index in [1.54, 1.807) is 19.1 Å². The summed E-state index contributed by atoms with van der Waals surface area (Å²) in [5.74, 6) is 1.87. The van der Waals surface area contributed by atoms with E-state index in [1.807, 2.05) is 26.0 Å². The number of nitrogens with one attached hydrogen (secondary N) is 1. The number of rotatable bonds is 4. The smallest absolute Gasteiger partial charge is 0.254 e. The summed E-state index contributed by atoms with van der Waals surface area (Å²) in [5, 5.41) is 1.25. The summed E-state index contributed by atoms with van der Waals surface area (Å²) in [4.78, 5) is 23.5. The van der Waals surface area contributed by atoms with Crippen molar-refractivity contribution in [3.05, 3.63) is 62.4 Å². The summed E-state index contributed by atoms with van der Waals surface area (Å²) in [6.45, 7) is 5.46. The number of aryl methyl sites for hydroxylation is 2. The SMILES string of the molecule is Cc1nc(SCc2nc(-c3ccc(Cl)cc3)oc2C)[nH]c(=O)c1C. The highest BCUT2D eigenvalue weighted by atomic mass is 35.5. The monoisotopic (exact) mass is 361 g/mol. The van der Waals surface area contributed by atoms with Crippen molar-refractivity contribution in [1.29, 1.82) is 0 Å². The van der Waals surface area contributed by atoms with Crippen molar-refractivity contribution in [2.75, 3.05) is 0 Å². The van der Waals surface area contributed by atoms with Crippen LogP contribution in [0.5, 0.6) is 0 Å². The Hall–Kier alpha value is -2.05. The summed E-state index contributed by atoms with van der Waals surface area (Å²) in [5.41, 5.74) is 2.97. The predicted octanol–water partition coefficient (Wildman–Crippen LogP) is 4.30. The Morgan fingerprint density at radius 1 is 1.17 bits per heavy atom. The number of aromatic nitrogens is 3. The zero-order valence-corrected chi connectivity index (χ0v) is 15.1. The van der Waals surface area contributed by atoms with Gasteiger partial charge in [-0.25, -0.2) is 9.97 Å². The quantitative estimate of drug-likeness (QED) is 0.554. The minimum Gasteiger partial charge on any atom is -0.441 e. The van der Waals surface area contributed by atoms with E-state index in [-0.39, 0.29) is 5.56 Å². The van der Waals surface area contributed by atoms with E-state index in [4.69, 9.17) is 16.0 Å². The van der Waals surface area contributed by atoms with Gasteiger partial charge in [-0.3, -0.25) is 4.79 Å². The maximum absolute atomic E-state index is 11.8. The molecule has 2 aromatic heterocycles. The van der Waals surface area contributed by atoms with Crippen LogP contribution in [0.3, 0.4) is 0 Å². The molecule has 0 amide bonds. The lowest BCUT2D eigenvalue weighted by Gasteiger charge is -2.02. The lowest BCUT2D eigenvalue weighted by molar-refractivity contribution is 0.540. The first-order valence-electron chi connectivity index (χ1n) is 7.36. The number of aromatic amines is 1. The number of thioether (sulfide) groups is 1. The van der Waals surface area contributed by atoms with Crippen LogP contribution in [0.25, 0.3) is 11.5 Å². The van der Waals surface area contributed by atoms with Gasteiger partial charge >= 0.3 is 0 Å². The maximum Gasteiger partial charge on any atom is 0.254 e. The van der Waals surface area contributed by atoms with Crippen LogP contribution in [0.1, 0.15) is 22.7 Å². The molecule has 2 heterocycles. The fourth-order valence-corrected chi connectivity index (χ4v) is 3.14. The summed E-state index contributed by atoms with van der Waals surface area (Å²) < 4.78 is 5.74. The Labute approximate surface area is 148 Å². The Kier molecular flexibility index (Phi) is 4.78. The zero-order chi connectivity index (χ0) is 17.3. The number of halogens is 1. The number of oxazole rings is 1. The summed E-state index contributed by atoms with van der Waals surface area (Å²) >= 11 is 7.32. The van der Waals surface area contributed by atoms with Crippen LogP contribution < -0.4 is 5.56 Å². The fraction of sp³-hybridized carbons (Fsp3) is 0.235. The molecule has 0 bridgehead atoms. The molecular weight excluding hydrogens is 346 g/mol. The van der Waals surface area contributed by atoms with Crippen LogP contribution >= 0.6 is 23.4 Å². The first kappa shape index (κ1) is 16.8. The summed E-state index contributed by atoms with van der Waals surface area (Å²) in [7, 11) is 0. The third-order valence-electron chi connectivity index (χ3n) is 3.70. The normalized spacial score (nSPS) is 11.0. The topological polar surface area (TPSA) is 71.8 Å². The molecule has 0 aliphatic heterocycles. The predicted molar refractivity (Wildman–Crippen MR) is 95.6 cm³/mol. The molecule has 1 aromatic carbocycles. The number of hydrogen-bond acceptors (Lipinski definition) is 5. The van der Waals surface area contributed by atoms with Crippen molar-refractivity contribution in [3.63, 3.8) is 0 Å². The molecular formula is C17H16ClN3O2S. The molecule has 124 valence electrons. The number of hydrogen-bond donors (Lipinski definition) is 1.